The van der Waals surface area contributed by atoms with Gasteiger partial charge in [0.25, 0.3) is 0 Å². The number of amides is 1. The van der Waals surface area contributed by atoms with Crippen molar-refractivity contribution in [1.82, 2.24) is 10.6 Å². The van der Waals surface area contributed by atoms with Gasteiger partial charge >= 0.3 is 35.8 Å². The number of nitrogens with one attached hydrogen (secondary N) is 2. The second-order valence-electron chi connectivity index (χ2n) is 16.6. The van der Waals surface area contributed by atoms with Crippen molar-refractivity contribution in [2.75, 3.05) is 71.7 Å². The molecule has 0 radical (unpaired) electrons. The first-order valence-corrected chi connectivity index (χ1v) is 27.6. The molecule has 0 aliphatic rings. The monoisotopic (exact) mass is 1210 g/mol. The van der Waals surface area contributed by atoms with Crippen LogP contribution in [0, 0.1) is 0 Å². The molecule has 0 unspecified atom stereocenters. The van der Waals surface area contributed by atoms with E-state index < -0.39 is 42.4 Å². The molecular weight excluding hydrogens is 1120 g/mol. The summed E-state index contributed by atoms with van der Waals surface area (Å²) in [6.07, 6.45) is 13.5. The van der Waals surface area contributed by atoms with Crippen LogP contribution in [0.2, 0.25) is 0 Å². The van der Waals surface area contributed by atoms with Crippen LogP contribution in [0.25, 0.3) is 18.2 Å². The number of ether oxygens (including phenoxy) is 9. The lowest BCUT2D eigenvalue weighted by Gasteiger charge is -2.05. The lowest BCUT2D eigenvalue weighted by atomic mass is 10.1. The summed E-state index contributed by atoms with van der Waals surface area (Å²) in [5.74, 6) is -1.41. The van der Waals surface area contributed by atoms with Crippen molar-refractivity contribution in [2.24, 2.45) is 0 Å². The van der Waals surface area contributed by atoms with Crippen molar-refractivity contribution >= 4 is 71.7 Å². The van der Waals surface area contributed by atoms with Crippen LogP contribution in [-0.2, 0) is 83.7 Å². The predicted octanol–water partition coefficient (Wildman–Crippen LogP) is 11.8. The first-order chi connectivity index (χ1) is 41.2. The molecule has 19 heteroatoms. The van der Waals surface area contributed by atoms with Crippen molar-refractivity contribution in [3.05, 3.63) is 239 Å². The fraction of sp³-hybridized carbons (Fsp3) is 0.269. The second-order valence-corrected chi connectivity index (χ2v) is 17.7. The van der Waals surface area contributed by atoms with Gasteiger partial charge < -0.3 is 53.3 Å². The molecule has 0 spiro atoms. The molecule has 3 rings (SSSR count). The lowest BCUT2D eigenvalue weighted by molar-refractivity contribution is -0.151. The van der Waals surface area contributed by atoms with Crippen molar-refractivity contribution < 1.29 is 76.2 Å². The number of esters is 6. The van der Waals surface area contributed by atoms with E-state index in [2.05, 4.69) is 148 Å². The van der Waals surface area contributed by atoms with Gasteiger partial charge in [-0.25, -0.2) is 19.2 Å². The molecule has 3 aromatic rings. The van der Waals surface area contributed by atoms with Gasteiger partial charge in [0.2, 0.25) is 5.91 Å². The molecule has 1 amide bonds. The Kier molecular flexibility index (Phi) is 52.9. The zero-order valence-electron chi connectivity index (χ0n) is 50.2. The zero-order valence-corrected chi connectivity index (χ0v) is 51.0. The van der Waals surface area contributed by atoms with Crippen LogP contribution in [0.1, 0.15) is 71.8 Å². The highest BCUT2D eigenvalue weighted by molar-refractivity contribution is 7.98. The van der Waals surface area contributed by atoms with Crippen molar-refractivity contribution in [3.8, 4) is 0 Å². The van der Waals surface area contributed by atoms with E-state index in [0.29, 0.717) is 43.1 Å². The first kappa shape index (κ1) is 80.9. The van der Waals surface area contributed by atoms with Crippen LogP contribution >= 0.6 is 11.8 Å². The summed E-state index contributed by atoms with van der Waals surface area (Å²) in [4.78, 5) is 76.8. The molecule has 0 aliphatic carbocycles. The molecule has 0 bridgehead atoms. The third-order valence-corrected chi connectivity index (χ3v) is 10.4. The molecule has 466 valence electrons. The van der Waals surface area contributed by atoms with E-state index in [1.165, 1.54) is 36.1 Å². The minimum absolute atomic E-state index is 0.0471. The molecule has 0 fully saturated rings. The maximum atomic E-state index is 11.5. The first-order valence-electron chi connectivity index (χ1n) is 26.4. The van der Waals surface area contributed by atoms with E-state index in [9.17, 15) is 33.6 Å². The van der Waals surface area contributed by atoms with Crippen molar-refractivity contribution in [3.63, 3.8) is 0 Å². The summed E-state index contributed by atoms with van der Waals surface area (Å²) in [7, 11) is 0. The van der Waals surface area contributed by atoms with E-state index in [0.717, 1.165) is 54.9 Å². The summed E-state index contributed by atoms with van der Waals surface area (Å²) in [5, 5.41) is 5.82. The molecular formula is C67H86N2O16S. The predicted molar refractivity (Wildman–Crippen MR) is 343 cm³/mol. The van der Waals surface area contributed by atoms with Gasteiger partial charge in [0.1, 0.15) is 26.4 Å². The highest BCUT2D eigenvalue weighted by Crippen LogP contribution is 2.14. The van der Waals surface area contributed by atoms with Gasteiger partial charge in [0.15, 0.2) is 6.61 Å². The molecule has 0 saturated carbocycles. The Morgan fingerprint density at radius 3 is 1.41 bits per heavy atom. The van der Waals surface area contributed by atoms with Crippen LogP contribution < -0.4 is 10.6 Å². The number of hydrogen-bond acceptors (Lipinski definition) is 18. The third kappa shape index (κ3) is 49.3. The largest absolute Gasteiger partial charge is 0.501 e. The van der Waals surface area contributed by atoms with Crippen LogP contribution in [0.4, 0.5) is 0 Å². The van der Waals surface area contributed by atoms with Gasteiger partial charge in [-0.1, -0.05) is 157 Å². The van der Waals surface area contributed by atoms with Gasteiger partial charge in [-0.15, -0.1) is 13.2 Å². The van der Waals surface area contributed by atoms with E-state index >= 15 is 0 Å². The number of benzene rings is 3. The summed E-state index contributed by atoms with van der Waals surface area (Å²) in [6.45, 7) is 50.4. The fourth-order valence-electron chi connectivity index (χ4n) is 5.08. The number of rotatable bonds is 36. The smallest absolute Gasteiger partial charge is 0.349 e. The van der Waals surface area contributed by atoms with Crippen LogP contribution in [-0.4, -0.2) is 113 Å². The van der Waals surface area contributed by atoms with Gasteiger partial charge in [0, 0.05) is 47.9 Å². The summed E-state index contributed by atoms with van der Waals surface area (Å²) in [5.41, 5.74) is 7.39. The van der Waals surface area contributed by atoms with Crippen molar-refractivity contribution in [1.29, 1.82) is 0 Å². The Morgan fingerprint density at radius 2 is 0.930 bits per heavy atom. The highest BCUT2D eigenvalue weighted by atomic mass is 32.2. The van der Waals surface area contributed by atoms with E-state index in [1.807, 2.05) is 30.0 Å². The van der Waals surface area contributed by atoms with Gasteiger partial charge in [-0.05, 0) is 60.7 Å². The van der Waals surface area contributed by atoms with Crippen LogP contribution in [0.3, 0.4) is 0 Å². The van der Waals surface area contributed by atoms with Gasteiger partial charge in [-0.3, -0.25) is 14.4 Å². The summed E-state index contributed by atoms with van der Waals surface area (Å²) >= 11 is 1.86. The second kappa shape index (κ2) is 56.2. The molecule has 0 saturated heterocycles. The Morgan fingerprint density at radius 1 is 0.477 bits per heavy atom. The molecule has 86 heavy (non-hydrogen) atoms. The molecule has 0 aromatic heterocycles. The Balaban J connectivity index is -0.000000971. The number of carbonyl (C=O) groups is 7. The number of carbonyl (C=O) groups excluding carboxylic acids is 7. The molecule has 0 atom stereocenters. The van der Waals surface area contributed by atoms with Crippen LogP contribution in [0.5, 0.6) is 0 Å². The summed E-state index contributed by atoms with van der Waals surface area (Å²) in [6, 6.07) is 23.4. The third-order valence-electron chi connectivity index (χ3n) is 9.44. The molecule has 3 aromatic carbocycles. The topological polar surface area (TPSA) is 227 Å². The molecule has 0 heterocycles. The summed E-state index contributed by atoms with van der Waals surface area (Å²) < 4.78 is 42.7. The van der Waals surface area contributed by atoms with E-state index in [-0.39, 0.29) is 44.1 Å². The Hall–Kier alpha value is -9.30. The van der Waals surface area contributed by atoms with Gasteiger partial charge in [0.05, 0.1) is 63.3 Å². The Bertz CT molecular complexity index is 2610. The Labute approximate surface area is 513 Å². The van der Waals surface area contributed by atoms with Crippen LogP contribution in [0.15, 0.2) is 206 Å². The lowest BCUT2D eigenvalue weighted by Crippen LogP contribution is -2.23. The number of hydrogen-bond donors (Lipinski definition) is 2. The SMILES string of the molecule is C=CCNC(=O)C(=C)C.C=CCNCc1ccc(C=C)cc1.C=COC(=O)CCC(=O)OCCOC(=O)C(=C)C.C=COC(=O)COC(=O)c1ccc(C=C)cc1.C=COCCOCCOC(=O)C(=C)C.C=COCCSCc1ccc(C=C)cc1. The maximum absolute atomic E-state index is 11.5. The van der Waals surface area contributed by atoms with Crippen molar-refractivity contribution in [2.45, 2.75) is 45.9 Å². The van der Waals surface area contributed by atoms with E-state index in [4.69, 9.17) is 33.2 Å². The standard InChI is InChI=1S/C13H12O4.C13H16OS.C12H15N.C12H16O6.C10H16O4.C7H11NO/c1-3-10-5-7-11(8-6-10)13(15)17-9-12(14)16-4-2;1-3-12-5-7-13(8-6-12)11-15-10-9-14-4-2;1-3-9-13-10-12-7-5-11(4-2)6-8-12;1-4-16-10(13)5-6-11(14)17-7-8-18-12(15)9(2)3;1-4-12-5-6-13-7-8-14-10(11)9(2)3;1-4-5-8-7(9)6(2)3/h3-8H,1-2,9H2;3-8H,1-2,9-11H2;3-8,13H,1-2,9-10H2;4H,1-2,5-8H2,3H3;4H,1-2,5-8H2,3H3;4H,1-2,5H2,3H3,(H,8,9). The average molecular weight is 1210 g/mol. The average Bonchev–Trinajstić information content (AvgIpc) is 3.64. The quantitative estimate of drug-likeness (QED) is 0.0138. The molecule has 18 nitrogen and oxygen atoms in total. The normalized spacial score (nSPS) is 9.20. The fourth-order valence-corrected chi connectivity index (χ4v) is 5.86. The highest BCUT2D eigenvalue weighted by Gasteiger charge is 2.11. The zero-order chi connectivity index (χ0) is 65.2. The minimum Gasteiger partial charge on any atom is -0.501 e. The van der Waals surface area contributed by atoms with E-state index in [1.54, 1.807) is 50.3 Å². The number of thioether (sulfide) groups is 1. The molecule has 0 aliphatic heterocycles. The molecule has 2 N–H and O–H groups in total. The minimum atomic E-state index is -0.670. The maximum Gasteiger partial charge on any atom is 0.349 e. The van der Waals surface area contributed by atoms with Gasteiger partial charge in [-0.2, -0.15) is 11.8 Å².